The predicted octanol–water partition coefficient (Wildman–Crippen LogP) is 2.46. The third-order valence-electron chi connectivity index (χ3n) is 2.46. The normalized spacial score (nSPS) is 12.4. The van der Waals surface area contributed by atoms with Crippen LogP contribution in [0.2, 0.25) is 0 Å². The molecule has 0 aliphatic heterocycles. The maximum atomic E-state index is 12.4. The highest BCUT2D eigenvalue weighted by atomic mass is 32.2. The lowest BCUT2D eigenvalue weighted by Gasteiger charge is -2.09. The Hall–Kier alpha value is -2.03. The minimum absolute atomic E-state index is 0.458. The van der Waals surface area contributed by atoms with Crippen LogP contribution >= 0.6 is 0 Å². The lowest BCUT2D eigenvalue weighted by molar-refractivity contribution is -0.0436. The summed E-state index contributed by atoms with van der Waals surface area (Å²) >= 11 is 0. The van der Waals surface area contributed by atoms with Crippen LogP contribution < -0.4 is 5.32 Å². The van der Waals surface area contributed by atoms with E-state index < -0.39 is 20.2 Å². The molecule has 5 nitrogen and oxygen atoms in total. The van der Waals surface area contributed by atoms with Crippen LogP contribution in [0, 0.1) is 0 Å². The molecule has 0 aliphatic rings. The summed E-state index contributed by atoms with van der Waals surface area (Å²) in [5.74, 6) is 0. The van der Waals surface area contributed by atoms with E-state index in [0.717, 1.165) is 12.1 Å². The number of alkyl halides is 3. The first kappa shape index (κ1) is 14.4. The molecule has 1 N–H and O–H groups in total. The molecule has 0 spiro atoms. The SMILES string of the molecule is Cn1cc(Nc2ccc(S(=O)(=O)C(F)(F)F)cc2)cn1. The summed E-state index contributed by atoms with van der Waals surface area (Å²) in [4.78, 5) is -0.790. The Balaban J connectivity index is 2.23. The number of nitrogens with one attached hydrogen (secondary N) is 1. The molecular formula is C11H10F3N3O2S. The van der Waals surface area contributed by atoms with Gasteiger partial charge in [-0.1, -0.05) is 0 Å². The molecule has 2 aromatic rings. The first-order chi connectivity index (χ1) is 9.20. The standard InChI is InChI=1S/C11H10F3N3O2S/c1-17-7-9(6-15-17)16-8-2-4-10(5-3-8)20(18,19)11(12,13)14/h2-7,16H,1H3. The predicted molar refractivity (Wildman–Crippen MR) is 66.2 cm³/mol. The van der Waals surface area contributed by atoms with Crippen LogP contribution in [0.25, 0.3) is 0 Å². The lowest BCUT2D eigenvalue weighted by atomic mass is 10.3. The van der Waals surface area contributed by atoms with Crippen LogP contribution in [0.4, 0.5) is 24.5 Å². The van der Waals surface area contributed by atoms with Crippen LogP contribution in [0.5, 0.6) is 0 Å². The zero-order valence-electron chi connectivity index (χ0n) is 10.2. The van der Waals surface area contributed by atoms with E-state index in [2.05, 4.69) is 10.4 Å². The summed E-state index contributed by atoms with van der Waals surface area (Å²) in [7, 11) is -3.59. The lowest BCUT2D eigenvalue weighted by Crippen LogP contribution is -2.23. The van der Waals surface area contributed by atoms with Crippen molar-refractivity contribution >= 4 is 21.2 Å². The Labute approximate surface area is 112 Å². The molecule has 0 saturated carbocycles. The molecule has 0 radical (unpaired) electrons. The van der Waals surface area contributed by atoms with E-state index in [9.17, 15) is 21.6 Å². The molecule has 0 saturated heterocycles. The molecule has 2 rings (SSSR count). The first-order valence-electron chi connectivity index (χ1n) is 5.37. The van der Waals surface area contributed by atoms with Gasteiger partial charge in [-0.25, -0.2) is 8.42 Å². The molecule has 1 heterocycles. The zero-order valence-corrected chi connectivity index (χ0v) is 11.0. The Morgan fingerprint density at radius 2 is 1.75 bits per heavy atom. The molecule has 0 amide bonds. The Morgan fingerprint density at radius 1 is 1.15 bits per heavy atom. The van der Waals surface area contributed by atoms with E-state index in [0.29, 0.717) is 11.4 Å². The highest BCUT2D eigenvalue weighted by Gasteiger charge is 2.46. The Morgan fingerprint density at radius 3 is 2.20 bits per heavy atom. The average Bonchev–Trinajstić information content (AvgIpc) is 2.74. The second-order valence-corrected chi connectivity index (χ2v) is 5.94. The smallest absolute Gasteiger partial charge is 0.353 e. The highest BCUT2D eigenvalue weighted by Crippen LogP contribution is 2.30. The van der Waals surface area contributed by atoms with Crippen LogP contribution in [-0.2, 0) is 16.9 Å². The maximum Gasteiger partial charge on any atom is 0.501 e. The van der Waals surface area contributed by atoms with Gasteiger partial charge in [-0.2, -0.15) is 18.3 Å². The van der Waals surface area contributed by atoms with Gasteiger partial charge in [-0.05, 0) is 24.3 Å². The molecule has 0 unspecified atom stereocenters. The molecule has 1 aromatic carbocycles. The van der Waals surface area contributed by atoms with Crippen molar-refractivity contribution in [2.45, 2.75) is 10.4 Å². The largest absolute Gasteiger partial charge is 0.501 e. The zero-order chi connectivity index (χ0) is 15.0. The highest BCUT2D eigenvalue weighted by molar-refractivity contribution is 7.92. The summed E-state index contributed by atoms with van der Waals surface area (Å²) in [5.41, 5.74) is -4.20. The van der Waals surface area contributed by atoms with Crippen molar-refractivity contribution in [3.8, 4) is 0 Å². The van der Waals surface area contributed by atoms with E-state index in [1.807, 2.05) is 0 Å². The number of benzene rings is 1. The van der Waals surface area contributed by atoms with Crippen LogP contribution in [0.1, 0.15) is 0 Å². The van der Waals surface area contributed by atoms with Crippen molar-refractivity contribution in [1.82, 2.24) is 9.78 Å². The molecule has 0 atom stereocenters. The first-order valence-corrected chi connectivity index (χ1v) is 6.85. The summed E-state index contributed by atoms with van der Waals surface area (Å²) in [6.07, 6.45) is 3.20. The topological polar surface area (TPSA) is 64.0 Å². The van der Waals surface area contributed by atoms with E-state index in [1.54, 1.807) is 17.9 Å². The number of aryl methyl sites for hydroxylation is 1. The number of halogens is 3. The van der Waals surface area contributed by atoms with Crippen molar-refractivity contribution in [1.29, 1.82) is 0 Å². The van der Waals surface area contributed by atoms with Gasteiger partial charge in [0.05, 0.1) is 16.8 Å². The number of rotatable bonds is 3. The molecule has 1 aromatic heterocycles. The van der Waals surface area contributed by atoms with Crippen molar-refractivity contribution in [3.63, 3.8) is 0 Å². The third kappa shape index (κ3) is 2.77. The van der Waals surface area contributed by atoms with Gasteiger partial charge in [0.15, 0.2) is 0 Å². The minimum atomic E-state index is -5.31. The molecule has 9 heteroatoms. The van der Waals surface area contributed by atoms with Crippen molar-refractivity contribution < 1.29 is 21.6 Å². The molecule has 0 fully saturated rings. The number of anilines is 2. The second-order valence-electron chi connectivity index (χ2n) is 4.00. The summed E-state index contributed by atoms with van der Waals surface area (Å²) in [6, 6.07) is 4.32. The number of hydrogen-bond donors (Lipinski definition) is 1. The van der Waals surface area contributed by atoms with E-state index in [4.69, 9.17) is 0 Å². The van der Waals surface area contributed by atoms with Gasteiger partial charge in [-0.15, -0.1) is 0 Å². The number of sulfone groups is 1. The average molecular weight is 305 g/mol. The fourth-order valence-electron chi connectivity index (χ4n) is 1.50. The fourth-order valence-corrected chi connectivity index (χ4v) is 2.27. The quantitative estimate of drug-likeness (QED) is 0.946. The summed E-state index contributed by atoms with van der Waals surface area (Å²) < 4.78 is 60.9. The number of aromatic nitrogens is 2. The molecule has 108 valence electrons. The number of nitrogens with zero attached hydrogens (tertiary/aromatic N) is 2. The van der Waals surface area contributed by atoms with Gasteiger partial charge in [0.1, 0.15) is 0 Å². The van der Waals surface area contributed by atoms with E-state index in [1.165, 1.54) is 18.3 Å². The maximum absolute atomic E-state index is 12.4. The fraction of sp³-hybridized carbons (Fsp3) is 0.182. The molecule has 0 aliphatic carbocycles. The van der Waals surface area contributed by atoms with Gasteiger partial charge in [0.25, 0.3) is 9.84 Å². The van der Waals surface area contributed by atoms with Crippen LogP contribution in [0.15, 0.2) is 41.6 Å². The van der Waals surface area contributed by atoms with Gasteiger partial charge >= 0.3 is 5.51 Å². The number of hydrogen-bond acceptors (Lipinski definition) is 4. The van der Waals surface area contributed by atoms with Crippen LogP contribution in [-0.4, -0.2) is 23.7 Å². The molecule has 0 bridgehead atoms. The minimum Gasteiger partial charge on any atom is -0.353 e. The van der Waals surface area contributed by atoms with Gasteiger partial charge in [0, 0.05) is 18.9 Å². The van der Waals surface area contributed by atoms with Crippen molar-refractivity contribution in [2.75, 3.05) is 5.32 Å². The Bertz CT molecular complexity index is 705. The van der Waals surface area contributed by atoms with Gasteiger partial charge in [0.2, 0.25) is 0 Å². The monoisotopic (exact) mass is 305 g/mol. The Kier molecular flexibility index (Phi) is 3.46. The molecular weight excluding hydrogens is 295 g/mol. The summed E-state index contributed by atoms with van der Waals surface area (Å²) in [6.45, 7) is 0. The van der Waals surface area contributed by atoms with E-state index >= 15 is 0 Å². The van der Waals surface area contributed by atoms with E-state index in [-0.39, 0.29) is 0 Å². The van der Waals surface area contributed by atoms with Gasteiger partial charge < -0.3 is 5.32 Å². The van der Waals surface area contributed by atoms with Gasteiger partial charge in [-0.3, -0.25) is 4.68 Å². The van der Waals surface area contributed by atoms with Crippen LogP contribution in [0.3, 0.4) is 0 Å². The van der Waals surface area contributed by atoms with Crippen molar-refractivity contribution in [2.24, 2.45) is 7.05 Å². The second kappa shape index (κ2) is 4.82. The summed E-state index contributed by atoms with van der Waals surface area (Å²) in [5, 5.41) is 6.79. The third-order valence-corrected chi connectivity index (χ3v) is 3.97. The molecule has 20 heavy (non-hydrogen) atoms. The van der Waals surface area contributed by atoms with Crippen molar-refractivity contribution in [3.05, 3.63) is 36.7 Å².